The minimum Gasteiger partial charge on any atom is -0.478 e. The van der Waals surface area contributed by atoms with Crippen LogP contribution in [0.1, 0.15) is 46.1 Å². The summed E-state index contributed by atoms with van der Waals surface area (Å²) in [5.41, 5.74) is 0.694. The molecule has 0 radical (unpaired) electrons. The Kier molecular flexibility index (Phi) is 5.37. The Morgan fingerprint density at radius 2 is 1.60 bits per heavy atom. The van der Waals surface area contributed by atoms with Gasteiger partial charge in [0.1, 0.15) is 0 Å². The molecule has 0 amide bonds. The number of rotatable bonds is 5. The number of carboxylic acids is 2. The smallest absolute Gasteiger partial charge is 0.332 e. The fourth-order valence-corrected chi connectivity index (χ4v) is 4.22. The SMILES string of the molecule is CC1(C)CC(/C(=C/C(=O)O)C(=O)O)CC(C)(C)N1Cc1ccccc1. The number of piperidine rings is 1. The topological polar surface area (TPSA) is 77.8 Å². The molecule has 0 saturated carbocycles. The van der Waals surface area contributed by atoms with Crippen LogP contribution in [0.25, 0.3) is 0 Å². The van der Waals surface area contributed by atoms with E-state index in [2.05, 4.69) is 44.7 Å². The summed E-state index contributed by atoms with van der Waals surface area (Å²) in [4.78, 5) is 25.0. The van der Waals surface area contributed by atoms with Gasteiger partial charge in [-0.1, -0.05) is 30.3 Å². The molecule has 1 aromatic carbocycles. The summed E-state index contributed by atoms with van der Waals surface area (Å²) in [5, 5.41) is 18.5. The zero-order valence-electron chi connectivity index (χ0n) is 15.3. The zero-order chi connectivity index (χ0) is 18.8. The van der Waals surface area contributed by atoms with Crippen molar-refractivity contribution in [1.82, 2.24) is 4.90 Å². The molecule has 0 aliphatic carbocycles. The Morgan fingerprint density at radius 3 is 2.04 bits per heavy atom. The van der Waals surface area contributed by atoms with Crippen molar-refractivity contribution in [2.24, 2.45) is 5.92 Å². The predicted octanol–water partition coefficient (Wildman–Crippen LogP) is 3.55. The van der Waals surface area contributed by atoms with E-state index in [1.54, 1.807) is 0 Å². The highest BCUT2D eigenvalue weighted by atomic mass is 16.4. The molecule has 2 N–H and O–H groups in total. The normalized spacial score (nSPS) is 21.0. The summed E-state index contributed by atoms with van der Waals surface area (Å²) in [6.45, 7) is 9.18. The van der Waals surface area contributed by atoms with Crippen molar-refractivity contribution in [3.8, 4) is 0 Å². The van der Waals surface area contributed by atoms with Gasteiger partial charge in [0.25, 0.3) is 0 Å². The van der Waals surface area contributed by atoms with Crippen LogP contribution in [-0.4, -0.2) is 38.1 Å². The average molecular weight is 345 g/mol. The molecular formula is C20H27NO4. The van der Waals surface area contributed by atoms with E-state index in [1.165, 1.54) is 5.56 Å². The number of carboxylic acid groups (broad SMARTS) is 2. The van der Waals surface area contributed by atoms with Crippen LogP contribution >= 0.6 is 0 Å². The lowest BCUT2D eigenvalue weighted by atomic mass is 9.70. The van der Waals surface area contributed by atoms with Gasteiger partial charge in [-0.3, -0.25) is 4.90 Å². The predicted molar refractivity (Wildman–Crippen MR) is 96.2 cm³/mol. The van der Waals surface area contributed by atoms with Crippen molar-refractivity contribution in [1.29, 1.82) is 0 Å². The Hall–Kier alpha value is -2.14. The fraction of sp³-hybridized carbons (Fsp3) is 0.500. The molecule has 1 heterocycles. The van der Waals surface area contributed by atoms with Gasteiger partial charge in [0, 0.05) is 29.3 Å². The van der Waals surface area contributed by atoms with E-state index >= 15 is 0 Å². The van der Waals surface area contributed by atoms with E-state index in [1.807, 2.05) is 18.2 Å². The molecule has 1 aliphatic heterocycles. The third kappa shape index (κ3) is 4.48. The molecule has 1 fully saturated rings. The maximum absolute atomic E-state index is 11.6. The first kappa shape index (κ1) is 19.2. The molecule has 5 nitrogen and oxygen atoms in total. The van der Waals surface area contributed by atoms with Crippen molar-refractivity contribution in [3.63, 3.8) is 0 Å². The zero-order valence-corrected chi connectivity index (χ0v) is 15.3. The maximum Gasteiger partial charge on any atom is 0.332 e. The number of hydrogen-bond donors (Lipinski definition) is 2. The first-order valence-corrected chi connectivity index (χ1v) is 8.52. The van der Waals surface area contributed by atoms with E-state index in [9.17, 15) is 14.7 Å². The standard InChI is InChI=1S/C20H27NO4/c1-19(2)11-15(16(18(24)25)10-17(22)23)12-20(3,4)21(19)13-14-8-6-5-7-9-14/h5-10,15H,11-13H2,1-4H3,(H,22,23)(H,24,25)/b16-10-. The summed E-state index contributed by atoms with van der Waals surface area (Å²) < 4.78 is 0. The number of aliphatic carboxylic acids is 2. The van der Waals surface area contributed by atoms with Gasteiger partial charge >= 0.3 is 11.9 Å². The van der Waals surface area contributed by atoms with E-state index < -0.39 is 11.9 Å². The second-order valence-corrected chi connectivity index (χ2v) is 8.04. The second-order valence-electron chi connectivity index (χ2n) is 8.04. The summed E-state index contributed by atoms with van der Waals surface area (Å²) in [5.74, 6) is -2.64. The highest BCUT2D eigenvalue weighted by Crippen LogP contribution is 2.44. The van der Waals surface area contributed by atoms with Gasteiger partial charge in [0.2, 0.25) is 0 Å². The molecule has 1 saturated heterocycles. The number of benzene rings is 1. The Morgan fingerprint density at radius 1 is 1.08 bits per heavy atom. The molecule has 25 heavy (non-hydrogen) atoms. The maximum atomic E-state index is 11.6. The van der Waals surface area contributed by atoms with Crippen LogP contribution in [0.2, 0.25) is 0 Å². The van der Waals surface area contributed by atoms with Crippen LogP contribution in [0.15, 0.2) is 42.0 Å². The quantitative estimate of drug-likeness (QED) is 0.798. The number of nitrogens with zero attached hydrogens (tertiary/aromatic N) is 1. The van der Waals surface area contributed by atoms with Crippen LogP contribution < -0.4 is 0 Å². The molecule has 1 aromatic rings. The van der Waals surface area contributed by atoms with E-state index in [0.717, 1.165) is 12.6 Å². The highest BCUT2D eigenvalue weighted by Gasteiger charge is 2.46. The average Bonchev–Trinajstić information content (AvgIpc) is 2.48. The van der Waals surface area contributed by atoms with E-state index in [4.69, 9.17) is 5.11 Å². The fourth-order valence-electron chi connectivity index (χ4n) is 4.22. The molecule has 1 aliphatic rings. The molecule has 2 rings (SSSR count). The van der Waals surface area contributed by atoms with E-state index in [-0.39, 0.29) is 22.6 Å². The summed E-state index contributed by atoms with van der Waals surface area (Å²) >= 11 is 0. The lowest BCUT2D eigenvalue weighted by Gasteiger charge is -2.55. The molecule has 0 atom stereocenters. The minimum absolute atomic E-state index is 0.00647. The molecule has 5 heteroatoms. The first-order chi connectivity index (χ1) is 11.5. The molecule has 0 spiro atoms. The van der Waals surface area contributed by atoms with Gasteiger partial charge in [-0.25, -0.2) is 9.59 Å². The third-order valence-electron chi connectivity index (χ3n) is 5.10. The number of likely N-dealkylation sites (tertiary alicyclic amines) is 1. The molecular weight excluding hydrogens is 318 g/mol. The summed E-state index contributed by atoms with van der Waals surface area (Å²) in [7, 11) is 0. The van der Waals surface area contributed by atoms with Crippen molar-refractivity contribution in [3.05, 3.63) is 47.5 Å². The third-order valence-corrected chi connectivity index (χ3v) is 5.10. The Labute approximate surface area is 149 Å². The lowest BCUT2D eigenvalue weighted by molar-refractivity contribution is -0.136. The van der Waals surface area contributed by atoms with Crippen molar-refractivity contribution < 1.29 is 19.8 Å². The first-order valence-electron chi connectivity index (χ1n) is 8.52. The minimum atomic E-state index is -1.21. The van der Waals surface area contributed by atoms with Crippen LogP contribution in [0.5, 0.6) is 0 Å². The molecule has 136 valence electrons. The summed E-state index contributed by atoms with van der Waals surface area (Å²) in [6, 6.07) is 10.2. The summed E-state index contributed by atoms with van der Waals surface area (Å²) in [6.07, 6.45) is 2.06. The van der Waals surface area contributed by atoms with Crippen molar-refractivity contribution in [2.45, 2.75) is 58.2 Å². The number of hydrogen-bond acceptors (Lipinski definition) is 3. The monoisotopic (exact) mass is 345 g/mol. The van der Waals surface area contributed by atoms with Gasteiger partial charge in [-0.15, -0.1) is 0 Å². The Bertz CT molecular complexity index is 658. The number of carbonyl (C=O) groups is 2. The van der Waals surface area contributed by atoms with Crippen molar-refractivity contribution in [2.75, 3.05) is 0 Å². The van der Waals surface area contributed by atoms with E-state index in [0.29, 0.717) is 12.8 Å². The van der Waals surface area contributed by atoms with Crippen LogP contribution in [0.3, 0.4) is 0 Å². The largest absolute Gasteiger partial charge is 0.478 e. The van der Waals surface area contributed by atoms with Gasteiger partial charge in [0.05, 0.1) is 0 Å². The molecule has 0 unspecified atom stereocenters. The molecule has 0 aromatic heterocycles. The van der Waals surface area contributed by atoms with Gasteiger partial charge in [-0.2, -0.15) is 0 Å². The highest BCUT2D eigenvalue weighted by molar-refractivity contribution is 5.95. The van der Waals surface area contributed by atoms with Crippen molar-refractivity contribution >= 4 is 11.9 Å². The Balaban J connectivity index is 2.32. The van der Waals surface area contributed by atoms with Crippen LogP contribution in [0.4, 0.5) is 0 Å². The van der Waals surface area contributed by atoms with Gasteiger partial charge in [-0.05, 0) is 52.0 Å². The molecule has 0 bridgehead atoms. The lowest BCUT2D eigenvalue weighted by Crippen LogP contribution is -2.60. The second kappa shape index (κ2) is 7.00. The van der Waals surface area contributed by atoms with Crippen LogP contribution in [0, 0.1) is 5.92 Å². The van der Waals surface area contributed by atoms with Crippen LogP contribution in [-0.2, 0) is 16.1 Å². The van der Waals surface area contributed by atoms with Gasteiger partial charge in [0.15, 0.2) is 0 Å². The van der Waals surface area contributed by atoms with Gasteiger partial charge < -0.3 is 10.2 Å².